The van der Waals surface area contributed by atoms with Crippen LogP contribution in [0.15, 0.2) is 191 Å². The van der Waals surface area contributed by atoms with Gasteiger partial charge in [-0.3, -0.25) is 4.79 Å². The molecule has 0 unspecified atom stereocenters. The van der Waals surface area contributed by atoms with Gasteiger partial charge in [-0.15, -0.1) is 0 Å². The van der Waals surface area contributed by atoms with Crippen molar-refractivity contribution in [2.24, 2.45) is 0 Å². The minimum atomic E-state index is -4.47. The zero-order chi connectivity index (χ0) is 35.7. The van der Waals surface area contributed by atoms with Crippen LogP contribution in [0, 0.1) is 0 Å². The largest absolute Gasteiger partial charge is 0.455 e. The molecule has 0 aliphatic heterocycles. The number of benzene rings is 7. The molecule has 6 heteroatoms. The summed E-state index contributed by atoms with van der Waals surface area (Å²) in [6.07, 6.45) is -4.47. The summed E-state index contributed by atoms with van der Waals surface area (Å²) in [6.45, 7) is 0. The predicted octanol–water partition coefficient (Wildman–Crippen LogP) is 12.9. The third kappa shape index (κ3) is 6.50. The number of nitrogens with zero attached hydrogens (tertiary/aromatic N) is 1. The molecular weight excluding hydrogens is 656 g/mol. The summed E-state index contributed by atoms with van der Waals surface area (Å²) < 4.78 is 46.7. The Balaban J connectivity index is 1.16. The lowest BCUT2D eigenvalue weighted by atomic mass is 9.94. The first-order chi connectivity index (χ1) is 25.3. The molecule has 0 aliphatic rings. The van der Waals surface area contributed by atoms with E-state index in [0.717, 1.165) is 57.0 Å². The van der Waals surface area contributed by atoms with Crippen LogP contribution in [0.1, 0.15) is 5.56 Å². The monoisotopic (exact) mass is 685 g/mol. The fourth-order valence-corrected chi connectivity index (χ4v) is 6.48. The third-order valence-electron chi connectivity index (χ3n) is 9.12. The first-order valence-corrected chi connectivity index (χ1v) is 16.8. The Morgan fingerprint density at radius 1 is 0.442 bits per heavy atom. The van der Waals surface area contributed by atoms with E-state index in [1.165, 1.54) is 18.2 Å². The van der Waals surface area contributed by atoms with Gasteiger partial charge >= 0.3 is 6.18 Å². The van der Waals surface area contributed by atoms with E-state index in [1.807, 2.05) is 97.1 Å². The number of hydrogen-bond acceptors (Lipinski definition) is 3. The van der Waals surface area contributed by atoms with Crippen LogP contribution in [0.2, 0.25) is 0 Å². The molecular formula is C46H30F3NO2. The summed E-state index contributed by atoms with van der Waals surface area (Å²) in [6, 6.07) is 56.2. The fraction of sp³-hybridized carbons (Fsp3) is 0.0217. The van der Waals surface area contributed by atoms with Gasteiger partial charge in [0.05, 0.1) is 10.9 Å². The van der Waals surface area contributed by atoms with Crippen molar-refractivity contribution >= 4 is 28.0 Å². The van der Waals surface area contributed by atoms with Crippen molar-refractivity contribution in [2.45, 2.75) is 6.18 Å². The molecule has 0 saturated carbocycles. The Hall–Kier alpha value is -6.66. The molecule has 1 heterocycles. The molecule has 0 fully saturated rings. The van der Waals surface area contributed by atoms with Crippen molar-refractivity contribution in [3.05, 3.63) is 198 Å². The summed E-state index contributed by atoms with van der Waals surface area (Å²) in [7, 11) is 0. The van der Waals surface area contributed by atoms with E-state index in [0.29, 0.717) is 27.9 Å². The van der Waals surface area contributed by atoms with Crippen LogP contribution in [-0.2, 0) is 6.18 Å². The second kappa shape index (κ2) is 13.6. The Kier molecular flexibility index (Phi) is 8.49. The lowest BCUT2D eigenvalue weighted by Crippen LogP contribution is -2.09. The maximum atomic E-state index is 13.6. The number of anilines is 3. The van der Waals surface area contributed by atoms with Crippen LogP contribution in [0.5, 0.6) is 0 Å². The number of fused-ring (bicyclic) bond motifs is 1. The van der Waals surface area contributed by atoms with Gasteiger partial charge in [0.1, 0.15) is 11.3 Å². The van der Waals surface area contributed by atoms with E-state index in [-0.39, 0.29) is 5.43 Å². The van der Waals surface area contributed by atoms with Crippen LogP contribution in [0.25, 0.3) is 55.7 Å². The molecule has 52 heavy (non-hydrogen) atoms. The van der Waals surface area contributed by atoms with Gasteiger partial charge in [-0.05, 0) is 88.5 Å². The van der Waals surface area contributed by atoms with Crippen molar-refractivity contribution in [3.8, 4) is 44.7 Å². The summed E-state index contributed by atoms with van der Waals surface area (Å²) in [4.78, 5) is 15.8. The molecule has 0 aliphatic carbocycles. The maximum absolute atomic E-state index is 13.6. The van der Waals surface area contributed by atoms with Crippen LogP contribution in [0.3, 0.4) is 0 Å². The van der Waals surface area contributed by atoms with Gasteiger partial charge in [0.15, 0.2) is 5.43 Å². The molecule has 0 atom stereocenters. The molecule has 0 radical (unpaired) electrons. The van der Waals surface area contributed by atoms with Gasteiger partial charge < -0.3 is 9.32 Å². The van der Waals surface area contributed by atoms with Gasteiger partial charge in [-0.25, -0.2) is 0 Å². The molecule has 8 rings (SSSR count). The smallest absolute Gasteiger partial charge is 0.416 e. The highest BCUT2D eigenvalue weighted by Gasteiger charge is 2.30. The van der Waals surface area contributed by atoms with Gasteiger partial charge in [0.2, 0.25) is 0 Å². The topological polar surface area (TPSA) is 33.5 Å². The number of para-hydroxylation sites is 2. The molecule has 3 nitrogen and oxygen atoms in total. The van der Waals surface area contributed by atoms with Crippen molar-refractivity contribution < 1.29 is 17.6 Å². The average Bonchev–Trinajstić information content (AvgIpc) is 3.19. The van der Waals surface area contributed by atoms with E-state index in [2.05, 4.69) is 53.4 Å². The molecule has 252 valence electrons. The number of alkyl halides is 3. The van der Waals surface area contributed by atoms with E-state index < -0.39 is 11.7 Å². The third-order valence-corrected chi connectivity index (χ3v) is 9.12. The van der Waals surface area contributed by atoms with Crippen molar-refractivity contribution in [1.82, 2.24) is 0 Å². The fourth-order valence-electron chi connectivity index (χ4n) is 6.48. The van der Waals surface area contributed by atoms with E-state index in [1.54, 1.807) is 6.07 Å². The van der Waals surface area contributed by atoms with Gasteiger partial charge in [0.25, 0.3) is 0 Å². The number of hydrogen-bond donors (Lipinski definition) is 0. The minimum Gasteiger partial charge on any atom is -0.455 e. The quantitative estimate of drug-likeness (QED) is 0.167. The molecule has 0 N–H and O–H groups in total. The summed E-state index contributed by atoms with van der Waals surface area (Å²) in [5.41, 5.74) is 7.85. The summed E-state index contributed by atoms with van der Waals surface area (Å²) in [5.74, 6) is 0.380. The summed E-state index contributed by atoms with van der Waals surface area (Å²) in [5, 5.41) is 0.341. The predicted molar refractivity (Wildman–Crippen MR) is 204 cm³/mol. The Morgan fingerprint density at radius 2 is 0.904 bits per heavy atom. The van der Waals surface area contributed by atoms with E-state index >= 15 is 0 Å². The maximum Gasteiger partial charge on any atom is 0.416 e. The molecule has 8 aromatic rings. The van der Waals surface area contributed by atoms with Crippen LogP contribution in [0.4, 0.5) is 30.2 Å². The van der Waals surface area contributed by atoms with Crippen LogP contribution in [-0.4, -0.2) is 0 Å². The van der Waals surface area contributed by atoms with Gasteiger partial charge in [-0.2, -0.15) is 13.2 Å². The van der Waals surface area contributed by atoms with Crippen molar-refractivity contribution in [3.63, 3.8) is 0 Å². The molecule has 1 aromatic heterocycles. The molecule has 0 bridgehead atoms. The lowest BCUT2D eigenvalue weighted by molar-refractivity contribution is -0.137. The van der Waals surface area contributed by atoms with E-state index in [9.17, 15) is 18.0 Å². The zero-order valence-electron chi connectivity index (χ0n) is 27.7. The van der Waals surface area contributed by atoms with Crippen molar-refractivity contribution in [2.75, 3.05) is 4.90 Å². The molecule has 0 amide bonds. The van der Waals surface area contributed by atoms with Gasteiger partial charge in [-0.1, -0.05) is 115 Å². The SMILES string of the molecule is O=c1cc(-c2ccccc2)oc2c(-c3ccc(C(F)(F)F)cc3)cc(-c3ccc(-c4ccc(N(c5ccccc5)c5ccccc5)cc4)cc3)cc12. The highest BCUT2D eigenvalue weighted by atomic mass is 19.4. The Morgan fingerprint density at radius 3 is 1.44 bits per heavy atom. The molecule has 0 saturated heterocycles. The second-order valence-corrected chi connectivity index (χ2v) is 12.4. The zero-order valence-corrected chi connectivity index (χ0v) is 27.7. The molecule has 0 spiro atoms. The van der Waals surface area contributed by atoms with Gasteiger partial charge in [0, 0.05) is 34.3 Å². The normalized spacial score (nSPS) is 11.4. The Labute approximate surface area is 298 Å². The van der Waals surface area contributed by atoms with Crippen LogP contribution < -0.4 is 10.3 Å². The van der Waals surface area contributed by atoms with Crippen LogP contribution >= 0.6 is 0 Å². The summed E-state index contributed by atoms with van der Waals surface area (Å²) >= 11 is 0. The number of rotatable bonds is 7. The average molecular weight is 686 g/mol. The number of halogens is 3. The molecule has 7 aromatic carbocycles. The highest BCUT2D eigenvalue weighted by Crippen LogP contribution is 2.39. The Bertz CT molecular complexity index is 2490. The second-order valence-electron chi connectivity index (χ2n) is 12.4. The lowest BCUT2D eigenvalue weighted by Gasteiger charge is -2.25. The highest BCUT2D eigenvalue weighted by molar-refractivity contribution is 5.97. The standard InChI is InChI=1S/C46H30F3NO2/c47-46(48,49)37-24-20-34(21-25-37)41-28-36(29-42-43(51)30-44(52-45(41)42)35-10-4-1-5-11-35)33-18-16-31(17-19-33)32-22-26-40(27-23-32)50(38-12-6-2-7-13-38)39-14-8-3-9-15-39/h1-30H. The first kappa shape index (κ1) is 32.5. The minimum absolute atomic E-state index is 0.244. The first-order valence-electron chi connectivity index (χ1n) is 16.8. The van der Waals surface area contributed by atoms with E-state index in [4.69, 9.17) is 4.42 Å². The van der Waals surface area contributed by atoms with Crippen molar-refractivity contribution in [1.29, 1.82) is 0 Å².